The van der Waals surface area contributed by atoms with Crippen molar-refractivity contribution in [2.45, 2.75) is 12.8 Å². The first kappa shape index (κ1) is 17.8. The molecular formula is C18H19BrFN3O2. The lowest BCUT2D eigenvalue weighted by Crippen LogP contribution is -2.36. The van der Waals surface area contributed by atoms with E-state index in [0.29, 0.717) is 21.9 Å². The van der Waals surface area contributed by atoms with Crippen molar-refractivity contribution in [1.82, 2.24) is 4.98 Å². The van der Waals surface area contributed by atoms with Crippen molar-refractivity contribution in [3.63, 3.8) is 0 Å². The zero-order valence-corrected chi connectivity index (χ0v) is 15.2. The Hall–Kier alpha value is -1.99. The number of pyridine rings is 1. The highest BCUT2D eigenvalue weighted by atomic mass is 79.9. The fourth-order valence-electron chi connectivity index (χ4n) is 2.94. The summed E-state index contributed by atoms with van der Waals surface area (Å²) in [4.78, 5) is 18.9. The van der Waals surface area contributed by atoms with Crippen molar-refractivity contribution in [3.8, 4) is 0 Å². The molecule has 7 heteroatoms. The van der Waals surface area contributed by atoms with Gasteiger partial charge in [-0.25, -0.2) is 9.37 Å². The van der Waals surface area contributed by atoms with E-state index in [-0.39, 0.29) is 12.2 Å². The molecule has 25 heavy (non-hydrogen) atoms. The van der Waals surface area contributed by atoms with Crippen molar-refractivity contribution in [3.05, 3.63) is 52.4 Å². The highest BCUT2D eigenvalue weighted by Crippen LogP contribution is 2.28. The molecule has 0 unspecified atom stereocenters. The van der Waals surface area contributed by atoms with Crippen LogP contribution in [0.25, 0.3) is 0 Å². The molecule has 1 aromatic heterocycles. The first-order valence-corrected chi connectivity index (χ1v) is 8.95. The van der Waals surface area contributed by atoms with Crippen LogP contribution in [0.15, 0.2) is 41.0 Å². The summed E-state index contributed by atoms with van der Waals surface area (Å²) in [7, 11) is 0. The molecule has 2 N–H and O–H groups in total. The number of anilines is 2. The van der Waals surface area contributed by atoms with Gasteiger partial charge in [0.25, 0.3) is 5.91 Å². The second-order valence-corrected chi connectivity index (χ2v) is 6.98. The molecule has 132 valence electrons. The van der Waals surface area contributed by atoms with Gasteiger partial charge in [-0.3, -0.25) is 4.79 Å². The van der Waals surface area contributed by atoms with Crippen molar-refractivity contribution >= 4 is 33.3 Å². The molecule has 0 spiro atoms. The van der Waals surface area contributed by atoms with Crippen LogP contribution in [0.4, 0.5) is 15.9 Å². The number of carbonyl (C=O) groups excluding carboxylic acids is 1. The molecule has 2 aromatic rings. The number of aliphatic hydroxyl groups excluding tert-OH is 1. The molecule has 1 aromatic carbocycles. The van der Waals surface area contributed by atoms with E-state index in [1.807, 2.05) is 0 Å². The SMILES string of the molecule is O=C(Nc1cccnc1N1CCC(CO)CC1)c1cc(Br)ccc1F. The standard InChI is InChI=1S/C18H19BrFN3O2/c19-13-3-4-15(20)14(10-13)18(25)22-16-2-1-7-21-17(16)23-8-5-12(11-24)6-9-23/h1-4,7,10,12,24H,5-6,8-9,11H2,(H,22,25). The highest BCUT2D eigenvalue weighted by Gasteiger charge is 2.22. The molecule has 1 fully saturated rings. The maximum absolute atomic E-state index is 13.9. The molecule has 0 atom stereocenters. The number of hydrogen-bond donors (Lipinski definition) is 2. The van der Waals surface area contributed by atoms with E-state index >= 15 is 0 Å². The maximum Gasteiger partial charge on any atom is 0.258 e. The summed E-state index contributed by atoms with van der Waals surface area (Å²) >= 11 is 3.25. The van der Waals surface area contributed by atoms with Gasteiger partial charge in [0.15, 0.2) is 5.82 Å². The summed E-state index contributed by atoms with van der Waals surface area (Å²) in [6, 6.07) is 7.74. The molecular weight excluding hydrogens is 389 g/mol. The predicted molar refractivity (Wildman–Crippen MR) is 98.3 cm³/mol. The molecule has 1 aliphatic heterocycles. The van der Waals surface area contributed by atoms with Gasteiger partial charge in [0, 0.05) is 30.4 Å². The number of benzene rings is 1. The van der Waals surface area contributed by atoms with E-state index < -0.39 is 11.7 Å². The minimum absolute atomic E-state index is 0.0248. The Morgan fingerprint density at radius 1 is 1.36 bits per heavy atom. The van der Waals surface area contributed by atoms with Crippen molar-refractivity contribution in [2.75, 3.05) is 29.9 Å². The number of carbonyl (C=O) groups is 1. The van der Waals surface area contributed by atoms with Crippen LogP contribution in [0, 0.1) is 11.7 Å². The van der Waals surface area contributed by atoms with E-state index in [0.717, 1.165) is 25.9 Å². The lowest BCUT2D eigenvalue weighted by Gasteiger charge is -2.33. The third kappa shape index (κ3) is 4.16. The summed E-state index contributed by atoms with van der Waals surface area (Å²) in [5, 5.41) is 12.0. The summed E-state index contributed by atoms with van der Waals surface area (Å²) in [5.74, 6) is -0.107. The van der Waals surface area contributed by atoms with E-state index in [1.165, 1.54) is 12.1 Å². The van der Waals surface area contributed by atoms with Gasteiger partial charge in [-0.05, 0) is 49.1 Å². The Balaban J connectivity index is 1.79. The Labute approximate surface area is 154 Å². The van der Waals surface area contributed by atoms with Gasteiger partial charge in [-0.2, -0.15) is 0 Å². The van der Waals surface area contributed by atoms with Crippen molar-refractivity contribution in [2.24, 2.45) is 5.92 Å². The van der Waals surface area contributed by atoms with Crippen LogP contribution in [0.3, 0.4) is 0 Å². The monoisotopic (exact) mass is 407 g/mol. The van der Waals surface area contributed by atoms with Gasteiger partial charge < -0.3 is 15.3 Å². The maximum atomic E-state index is 13.9. The second kappa shape index (κ2) is 7.93. The minimum Gasteiger partial charge on any atom is -0.396 e. The van der Waals surface area contributed by atoms with Gasteiger partial charge in [-0.15, -0.1) is 0 Å². The van der Waals surface area contributed by atoms with Crippen LogP contribution in [0.2, 0.25) is 0 Å². The largest absolute Gasteiger partial charge is 0.396 e. The zero-order chi connectivity index (χ0) is 17.8. The number of nitrogens with zero attached hydrogens (tertiary/aromatic N) is 2. The van der Waals surface area contributed by atoms with Gasteiger partial charge in [0.1, 0.15) is 5.82 Å². The first-order chi connectivity index (χ1) is 12.1. The van der Waals surface area contributed by atoms with Gasteiger partial charge >= 0.3 is 0 Å². The normalized spacial score (nSPS) is 15.2. The lowest BCUT2D eigenvalue weighted by atomic mass is 9.98. The van der Waals surface area contributed by atoms with E-state index in [9.17, 15) is 14.3 Å². The van der Waals surface area contributed by atoms with Crippen LogP contribution < -0.4 is 10.2 Å². The lowest BCUT2D eigenvalue weighted by molar-refractivity contribution is 0.102. The number of halogens is 2. The number of nitrogens with one attached hydrogen (secondary N) is 1. The smallest absolute Gasteiger partial charge is 0.258 e. The Morgan fingerprint density at radius 2 is 2.12 bits per heavy atom. The third-order valence-electron chi connectivity index (χ3n) is 4.38. The van der Waals surface area contributed by atoms with Gasteiger partial charge in [-0.1, -0.05) is 15.9 Å². The van der Waals surface area contributed by atoms with Crippen LogP contribution in [0.1, 0.15) is 23.2 Å². The molecule has 5 nitrogen and oxygen atoms in total. The molecule has 0 bridgehead atoms. The Kier molecular flexibility index (Phi) is 5.65. The molecule has 1 amide bonds. The molecule has 0 aliphatic carbocycles. The molecule has 3 rings (SSSR count). The average molecular weight is 408 g/mol. The topological polar surface area (TPSA) is 65.5 Å². The minimum atomic E-state index is -0.574. The fraction of sp³-hybridized carbons (Fsp3) is 0.333. The van der Waals surface area contributed by atoms with Crippen molar-refractivity contribution in [1.29, 1.82) is 0 Å². The molecule has 1 aliphatic rings. The van der Waals surface area contributed by atoms with E-state index in [4.69, 9.17) is 0 Å². The summed E-state index contributed by atoms with van der Waals surface area (Å²) in [6.07, 6.45) is 3.42. The summed E-state index contributed by atoms with van der Waals surface area (Å²) in [5.41, 5.74) is 0.525. The quantitative estimate of drug-likeness (QED) is 0.814. The third-order valence-corrected chi connectivity index (χ3v) is 4.87. The van der Waals surface area contributed by atoms with E-state index in [2.05, 4.69) is 31.1 Å². The summed E-state index contributed by atoms with van der Waals surface area (Å²) in [6.45, 7) is 1.72. The first-order valence-electron chi connectivity index (χ1n) is 8.15. The molecule has 0 saturated carbocycles. The Bertz CT molecular complexity index is 764. The average Bonchev–Trinajstić information content (AvgIpc) is 2.64. The number of aromatic nitrogens is 1. The molecule has 1 saturated heterocycles. The van der Waals surface area contributed by atoms with E-state index in [1.54, 1.807) is 24.4 Å². The molecule has 2 heterocycles. The van der Waals surface area contributed by atoms with Crippen LogP contribution in [-0.2, 0) is 0 Å². The van der Waals surface area contributed by atoms with Crippen molar-refractivity contribution < 1.29 is 14.3 Å². The number of amides is 1. The Morgan fingerprint density at radius 3 is 2.84 bits per heavy atom. The zero-order valence-electron chi connectivity index (χ0n) is 13.6. The number of piperidine rings is 1. The van der Waals surface area contributed by atoms with Gasteiger partial charge in [0.2, 0.25) is 0 Å². The van der Waals surface area contributed by atoms with Crippen LogP contribution >= 0.6 is 15.9 Å². The van der Waals surface area contributed by atoms with Gasteiger partial charge in [0.05, 0.1) is 11.3 Å². The van der Waals surface area contributed by atoms with Crippen LogP contribution in [0.5, 0.6) is 0 Å². The highest BCUT2D eigenvalue weighted by molar-refractivity contribution is 9.10. The summed E-state index contributed by atoms with van der Waals surface area (Å²) < 4.78 is 14.6. The number of rotatable bonds is 4. The fourth-order valence-corrected chi connectivity index (χ4v) is 3.30. The number of aliphatic hydroxyl groups is 1. The van der Waals surface area contributed by atoms with Crippen LogP contribution in [-0.4, -0.2) is 35.7 Å². The molecule has 0 radical (unpaired) electrons. The number of hydrogen-bond acceptors (Lipinski definition) is 4. The second-order valence-electron chi connectivity index (χ2n) is 6.07. The predicted octanol–water partition coefficient (Wildman–Crippen LogP) is 3.44.